The van der Waals surface area contributed by atoms with Gasteiger partial charge in [-0.2, -0.15) is 0 Å². The van der Waals surface area contributed by atoms with Crippen molar-refractivity contribution in [1.82, 2.24) is 0 Å². The predicted octanol–water partition coefficient (Wildman–Crippen LogP) is 3.05. The summed E-state index contributed by atoms with van der Waals surface area (Å²) in [5, 5.41) is 0. The fourth-order valence-corrected chi connectivity index (χ4v) is 1.89. The van der Waals surface area contributed by atoms with Crippen LogP contribution in [0.25, 0.3) is 0 Å². The maximum atomic E-state index is 12.6. The topological polar surface area (TPSA) is 60.4 Å². The van der Waals surface area contributed by atoms with E-state index in [1.165, 1.54) is 0 Å². The number of ether oxygens (including phenoxy) is 1. The molecular formula is C17H14O4. The first-order valence-corrected chi connectivity index (χ1v) is 6.56. The lowest BCUT2D eigenvalue weighted by Gasteiger charge is -2.09. The van der Waals surface area contributed by atoms with Crippen molar-refractivity contribution in [3.05, 3.63) is 65.2 Å². The number of hydrogen-bond donors (Lipinski definition) is 0. The first-order chi connectivity index (χ1) is 10.2. The Balaban J connectivity index is 2.44. The quantitative estimate of drug-likeness (QED) is 0.366. The van der Waals surface area contributed by atoms with Gasteiger partial charge in [0.25, 0.3) is 0 Å². The number of carbonyl (C=O) groups excluding carboxylic acids is 3. The van der Waals surface area contributed by atoms with Gasteiger partial charge in [0.1, 0.15) is 5.75 Å². The highest BCUT2D eigenvalue weighted by atomic mass is 16.5. The van der Waals surface area contributed by atoms with Crippen molar-refractivity contribution in [2.45, 2.75) is 13.3 Å². The van der Waals surface area contributed by atoms with E-state index in [1.807, 2.05) is 0 Å². The summed E-state index contributed by atoms with van der Waals surface area (Å²) >= 11 is 0. The van der Waals surface area contributed by atoms with Crippen molar-refractivity contribution >= 4 is 18.0 Å². The Morgan fingerprint density at radius 1 is 1.00 bits per heavy atom. The fourth-order valence-electron chi connectivity index (χ4n) is 1.89. The molecule has 0 aliphatic heterocycles. The fraction of sp³-hybridized carbons (Fsp3) is 0.118. The van der Waals surface area contributed by atoms with E-state index < -0.39 is 5.97 Å². The molecule has 21 heavy (non-hydrogen) atoms. The average molecular weight is 282 g/mol. The number of benzene rings is 2. The molecule has 0 radical (unpaired) electrons. The number of rotatable bonds is 5. The minimum absolute atomic E-state index is 0.204. The second-order valence-electron chi connectivity index (χ2n) is 4.36. The molecular weight excluding hydrogens is 268 g/mol. The van der Waals surface area contributed by atoms with Gasteiger partial charge in [-0.3, -0.25) is 14.4 Å². The van der Waals surface area contributed by atoms with Crippen LogP contribution in [0.2, 0.25) is 0 Å². The summed E-state index contributed by atoms with van der Waals surface area (Å²) in [5.41, 5.74) is 0.847. The van der Waals surface area contributed by atoms with E-state index in [0.717, 1.165) is 0 Å². The van der Waals surface area contributed by atoms with Crippen LogP contribution in [0.5, 0.6) is 5.75 Å². The SMILES string of the molecule is CCC(=O)Oc1ccccc1C(=O)c1ccccc1C=O. The molecule has 0 saturated heterocycles. The largest absolute Gasteiger partial charge is 0.426 e. The highest BCUT2D eigenvalue weighted by Gasteiger charge is 2.18. The maximum Gasteiger partial charge on any atom is 0.310 e. The predicted molar refractivity (Wildman–Crippen MR) is 77.6 cm³/mol. The van der Waals surface area contributed by atoms with Gasteiger partial charge in [-0.05, 0) is 12.1 Å². The first-order valence-electron chi connectivity index (χ1n) is 6.56. The van der Waals surface area contributed by atoms with Crippen molar-refractivity contribution in [2.24, 2.45) is 0 Å². The van der Waals surface area contributed by atoms with Gasteiger partial charge in [-0.15, -0.1) is 0 Å². The Bertz CT molecular complexity index is 689. The molecule has 0 fully saturated rings. The van der Waals surface area contributed by atoms with E-state index in [9.17, 15) is 14.4 Å². The number of carbonyl (C=O) groups is 3. The molecule has 0 spiro atoms. The van der Waals surface area contributed by atoms with Gasteiger partial charge < -0.3 is 4.74 Å². The number of hydrogen-bond acceptors (Lipinski definition) is 4. The lowest BCUT2D eigenvalue weighted by atomic mass is 9.98. The summed E-state index contributed by atoms with van der Waals surface area (Å²) < 4.78 is 5.16. The maximum absolute atomic E-state index is 12.6. The summed E-state index contributed by atoms with van der Waals surface area (Å²) in [4.78, 5) is 35.0. The van der Waals surface area contributed by atoms with Crippen molar-refractivity contribution < 1.29 is 19.1 Å². The van der Waals surface area contributed by atoms with E-state index in [-0.39, 0.29) is 29.1 Å². The van der Waals surface area contributed by atoms with Crippen LogP contribution in [0.1, 0.15) is 39.6 Å². The summed E-state index contributed by atoms with van der Waals surface area (Å²) in [5.74, 6) is -0.564. The molecule has 4 nitrogen and oxygen atoms in total. The van der Waals surface area contributed by atoms with Crippen LogP contribution in [0, 0.1) is 0 Å². The van der Waals surface area contributed by atoms with Gasteiger partial charge in [-0.25, -0.2) is 0 Å². The highest BCUT2D eigenvalue weighted by Crippen LogP contribution is 2.23. The van der Waals surface area contributed by atoms with Crippen LogP contribution >= 0.6 is 0 Å². The minimum Gasteiger partial charge on any atom is -0.426 e. The van der Waals surface area contributed by atoms with E-state index >= 15 is 0 Å². The number of esters is 1. The lowest BCUT2D eigenvalue weighted by Crippen LogP contribution is -2.11. The number of ketones is 1. The van der Waals surface area contributed by atoms with Gasteiger partial charge >= 0.3 is 5.97 Å². The zero-order valence-electron chi connectivity index (χ0n) is 11.5. The van der Waals surface area contributed by atoms with E-state index in [0.29, 0.717) is 11.8 Å². The van der Waals surface area contributed by atoms with Gasteiger partial charge in [0.2, 0.25) is 0 Å². The minimum atomic E-state index is -0.418. The van der Waals surface area contributed by atoms with E-state index in [1.54, 1.807) is 55.5 Å². The van der Waals surface area contributed by atoms with Crippen LogP contribution in [-0.4, -0.2) is 18.0 Å². The van der Waals surface area contributed by atoms with Crippen LogP contribution in [0.3, 0.4) is 0 Å². The smallest absolute Gasteiger partial charge is 0.310 e. The molecule has 0 N–H and O–H groups in total. The van der Waals surface area contributed by atoms with Gasteiger partial charge in [0.15, 0.2) is 12.1 Å². The van der Waals surface area contributed by atoms with Crippen LogP contribution in [0.4, 0.5) is 0 Å². The molecule has 0 saturated carbocycles. The van der Waals surface area contributed by atoms with E-state index in [4.69, 9.17) is 4.74 Å². The molecule has 0 bridgehead atoms. The molecule has 4 heteroatoms. The van der Waals surface area contributed by atoms with Crippen molar-refractivity contribution in [3.8, 4) is 5.75 Å². The van der Waals surface area contributed by atoms with Crippen LogP contribution < -0.4 is 4.74 Å². The number of aldehydes is 1. The van der Waals surface area contributed by atoms with Crippen molar-refractivity contribution in [2.75, 3.05) is 0 Å². The highest BCUT2D eigenvalue weighted by molar-refractivity contribution is 6.14. The third kappa shape index (κ3) is 3.23. The van der Waals surface area contributed by atoms with Gasteiger partial charge in [0.05, 0.1) is 5.56 Å². The Hall–Kier alpha value is -2.75. The Labute approximate surface area is 122 Å². The first kappa shape index (κ1) is 14.7. The van der Waals surface area contributed by atoms with Crippen molar-refractivity contribution in [1.29, 1.82) is 0 Å². The molecule has 0 aliphatic carbocycles. The Morgan fingerprint density at radius 3 is 2.29 bits per heavy atom. The average Bonchev–Trinajstić information content (AvgIpc) is 2.54. The number of para-hydroxylation sites is 1. The Morgan fingerprint density at radius 2 is 1.62 bits per heavy atom. The summed E-state index contributed by atoms with van der Waals surface area (Å²) in [6.07, 6.45) is 0.849. The molecule has 0 aliphatic rings. The zero-order chi connectivity index (χ0) is 15.2. The Kier molecular flexibility index (Phi) is 4.61. The molecule has 0 aromatic heterocycles. The van der Waals surface area contributed by atoms with Crippen LogP contribution in [-0.2, 0) is 4.79 Å². The monoisotopic (exact) mass is 282 g/mol. The molecule has 0 atom stereocenters. The van der Waals surface area contributed by atoms with Crippen LogP contribution in [0.15, 0.2) is 48.5 Å². The molecule has 106 valence electrons. The van der Waals surface area contributed by atoms with E-state index in [2.05, 4.69) is 0 Å². The molecule has 2 rings (SSSR count). The summed E-state index contributed by atoms with van der Waals surface area (Å²) in [7, 11) is 0. The molecule has 2 aromatic rings. The third-order valence-electron chi connectivity index (χ3n) is 2.98. The second kappa shape index (κ2) is 6.61. The molecule has 2 aromatic carbocycles. The summed E-state index contributed by atoms with van der Waals surface area (Å²) in [6, 6.07) is 13.0. The third-order valence-corrected chi connectivity index (χ3v) is 2.98. The standard InChI is InChI=1S/C17H14O4/c1-2-16(19)21-15-10-6-5-9-14(15)17(20)13-8-4-3-7-12(13)11-18/h3-11H,2H2,1H3. The molecule has 0 heterocycles. The summed E-state index contributed by atoms with van der Waals surface area (Å²) in [6.45, 7) is 1.68. The molecule has 0 unspecified atom stereocenters. The van der Waals surface area contributed by atoms with Crippen molar-refractivity contribution in [3.63, 3.8) is 0 Å². The normalized spacial score (nSPS) is 9.95. The molecule has 0 amide bonds. The zero-order valence-corrected chi connectivity index (χ0v) is 11.5. The van der Waals surface area contributed by atoms with Gasteiger partial charge in [-0.1, -0.05) is 43.3 Å². The lowest BCUT2D eigenvalue weighted by molar-refractivity contribution is -0.134. The second-order valence-corrected chi connectivity index (χ2v) is 4.36. The van der Waals surface area contributed by atoms with Gasteiger partial charge in [0, 0.05) is 17.5 Å².